The summed E-state index contributed by atoms with van der Waals surface area (Å²) in [6, 6.07) is 8.56. The lowest BCUT2D eigenvalue weighted by atomic mass is 10.0. The summed E-state index contributed by atoms with van der Waals surface area (Å²) >= 11 is 18.6. The molecular formula is C13H7Br2Cl2F. The second kappa shape index (κ2) is 5.91. The summed E-state index contributed by atoms with van der Waals surface area (Å²) in [4.78, 5) is 0. The lowest BCUT2D eigenvalue weighted by Gasteiger charge is -2.10. The fourth-order valence-corrected chi connectivity index (χ4v) is 3.21. The Bertz CT molecular complexity index is 580. The van der Waals surface area contributed by atoms with E-state index in [9.17, 15) is 4.39 Å². The molecule has 0 heterocycles. The fourth-order valence-electron chi connectivity index (χ4n) is 1.66. The third kappa shape index (κ3) is 2.90. The zero-order valence-electron chi connectivity index (χ0n) is 8.98. The highest BCUT2D eigenvalue weighted by atomic mass is 79.9. The zero-order valence-corrected chi connectivity index (χ0v) is 13.7. The highest BCUT2D eigenvalue weighted by molar-refractivity contribution is 9.10. The Morgan fingerprint density at radius 3 is 2.44 bits per heavy atom. The Labute approximate surface area is 131 Å². The minimum Gasteiger partial charge on any atom is -0.206 e. The van der Waals surface area contributed by atoms with Crippen LogP contribution >= 0.6 is 55.1 Å². The minimum atomic E-state index is -0.325. The molecule has 94 valence electrons. The van der Waals surface area contributed by atoms with Gasteiger partial charge in [-0.3, -0.25) is 0 Å². The fraction of sp³-hybridized carbons (Fsp3) is 0.0769. The van der Waals surface area contributed by atoms with Crippen LogP contribution in [0.1, 0.15) is 5.56 Å². The lowest BCUT2D eigenvalue weighted by Crippen LogP contribution is -1.92. The number of halogens is 5. The average molecular weight is 413 g/mol. The summed E-state index contributed by atoms with van der Waals surface area (Å²) < 4.78 is 15.1. The molecule has 2 aromatic rings. The number of hydrogen-bond donors (Lipinski definition) is 0. The van der Waals surface area contributed by atoms with Gasteiger partial charge in [-0.15, -0.1) is 0 Å². The van der Waals surface area contributed by atoms with E-state index in [0.29, 0.717) is 32.1 Å². The quantitative estimate of drug-likeness (QED) is 0.497. The van der Waals surface area contributed by atoms with E-state index < -0.39 is 0 Å². The first-order chi connectivity index (χ1) is 8.52. The first-order valence-electron chi connectivity index (χ1n) is 5.02. The van der Waals surface area contributed by atoms with Crippen LogP contribution in [0.15, 0.2) is 34.8 Å². The van der Waals surface area contributed by atoms with E-state index in [-0.39, 0.29) is 5.82 Å². The lowest BCUT2D eigenvalue weighted by molar-refractivity contribution is 0.621. The minimum absolute atomic E-state index is 0.325. The predicted octanol–water partition coefficient (Wildman–Crippen LogP) is 6.46. The van der Waals surface area contributed by atoms with Crippen LogP contribution in [0.2, 0.25) is 10.0 Å². The van der Waals surface area contributed by atoms with E-state index in [2.05, 4.69) is 31.9 Å². The molecule has 18 heavy (non-hydrogen) atoms. The summed E-state index contributed by atoms with van der Waals surface area (Å²) in [5.74, 6) is -0.325. The maximum absolute atomic E-state index is 14.3. The van der Waals surface area contributed by atoms with Gasteiger partial charge in [0.1, 0.15) is 5.82 Å². The normalized spacial score (nSPS) is 10.7. The number of hydrogen-bond acceptors (Lipinski definition) is 0. The number of alkyl halides is 1. The highest BCUT2D eigenvalue weighted by Gasteiger charge is 2.14. The van der Waals surface area contributed by atoms with Crippen LogP contribution in [0.5, 0.6) is 0 Å². The van der Waals surface area contributed by atoms with E-state index >= 15 is 0 Å². The van der Waals surface area contributed by atoms with E-state index in [1.165, 1.54) is 0 Å². The molecule has 5 heteroatoms. The van der Waals surface area contributed by atoms with Crippen molar-refractivity contribution in [1.29, 1.82) is 0 Å². The third-order valence-electron chi connectivity index (χ3n) is 2.47. The van der Waals surface area contributed by atoms with Gasteiger partial charge >= 0.3 is 0 Å². The molecule has 0 N–H and O–H groups in total. The van der Waals surface area contributed by atoms with Crippen molar-refractivity contribution in [2.75, 3.05) is 0 Å². The molecule has 0 saturated carbocycles. The predicted molar refractivity (Wildman–Crippen MR) is 82.2 cm³/mol. The molecule has 0 spiro atoms. The van der Waals surface area contributed by atoms with Gasteiger partial charge in [0, 0.05) is 20.4 Å². The van der Waals surface area contributed by atoms with Gasteiger partial charge in [0.25, 0.3) is 0 Å². The monoisotopic (exact) mass is 410 g/mol. The van der Waals surface area contributed by atoms with Crippen LogP contribution in [-0.4, -0.2) is 0 Å². The standard InChI is InChI=1S/C13H7Br2Cl2F/c14-6-7-1-2-11(17)12(13(7)18)8-3-9(15)5-10(16)4-8/h1-5H,6H2. The molecule has 0 aliphatic rings. The van der Waals surface area contributed by atoms with Crippen molar-refractivity contribution in [2.24, 2.45) is 0 Å². The molecule has 0 aromatic heterocycles. The number of rotatable bonds is 2. The Kier molecular flexibility index (Phi) is 4.70. The molecule has 0 nitrogen and oxygen atoms in total. The van der Waals surface area contributed by atoms with E-state index in [0.717, 1.165) is 4.47 Å². The van der Waals surface area contributed by atoms with Crippen LogP contribution in [0.3, 0.4) is 0 Å². The van der Waals surface area contributed by atoms with Gasteiger partial charge in [0.15, 0.2) is 0 Å². The maximum atomic E-state index is 14.3. The first kappa shape index (κ1) is 14.3. The second-order valence-electron chi connectivity index (χ2n) is 3.69. The molecule has 0 saturated heterocycles. The highest BCUT2D eigenvalue weighted by Crippen LogP contribution is 2.35. The Morgan fingerprint density at radius 1 is 1.11 bits per heavy atom. The third-order valence-corrected chi connectivity index (χ3v) is 4.06. The summed E-state index contributed by atoms with van der Waals surface area (Å²) in [7, 11) is 0. The van der Waals surface area contributed by atoms with Gasteiger partial charge in [0.2, 0.25) is 0 Å². The van der Waals surface area contributed by atoms with Crippen LogP contribution in [0, 0.1) is 5.82 Å². The van der Waals surface area contributed by atoms with Crippen molar-refractivity contribution in [3.63, 3.8) is 0 Å². The van der Waals surface area contributed by atoms with Gasteiger partial charge in [-0.1, -0.05) is 61.1 Å². The van der Waals surface area contributed by atoms with Crippen LogP contribution < -0.4 is 0 Å². The van der Waals surface area contributed by atoms with Crippen LogP contribution in [0.4, 0.5) is 4.39 Å². The van der Waals surface area contributed by atoms with Crippen molar-refractivity contribution in [2.45, 2.75) is 5.33 Å². The molecule has 0 aliphatic carbocycles. The van der Waals surface area contributed by atoms with Gasteiger partial charge in [-0.25, -0.2) is 4.39 Å². The largest absolute Gasteiger partial charge is 0.206 e. The smallest absolute Gasteiger partial charge is 0.136 e. The summed E-state index contributed by atoms with van der Waals surface area (Å²) in [5.41, 5.74) is 1.59. The Balaban J connectivity index is 2.69. The molecule has 2 aromatic carbocycles. The summed E-state index contributed by atoms with van der Waals surface area (Å²) in [6.07, 6.45) is 0. The summed E-state index contributed by atoms with van der Waals surface area (Å²) in [5, 5.41) is 1.33. The number of benzene rings is 2. The molecule has 0 unspecified atom stereocenters. The van der Waals surface area contributed by atoms with Crippen molar-refractivity contribution in [3.05, 3.63) is 56.2 Å². The molecular weight excluding hydrogens is 406 g/mol. The van der Waals surface area contributed by atoms with Gasteiger partial charge < -0.3 is 0 Å². The second-order valence-corrected chi connectivity index (χ2v) is 6.01. The molecule has 0 fully saturated rings. The van der Waals surface area contributed by atoms with Gasteiger partial charge in [-0.2, -0.15) is 0 Å². The zero-order chi connectivity index (χ0) is 13.3. The van der Waals surface area contributed by atoms with Crippen molar-refractivity contribution in [1.82, 2.24) is 0 Å². The molecule has 0 atom stereocenters. The van der Waals surface area contributed by atoms with Crippen molar-refractivity contribution in [3.8, 4) is 11.1 Å². The van der Waals surface area contributed by atoms with Gasteiger partial charge in [-0.05, 0) is 35.4 Å². The summed E-state index contributed by atoms with van der Waals surface area (Å²) in [6.45, 7) is 0. The first-order valence-corrected chi connectivity index (χ1v) is 7.69. The Morgan fingerprint density at radius 2 is 1.83 bits per heavy atom. The topological polar surface area (TPSA) is 0 Å². The van der Waals surface area contributed by atoms with Crippen LogP contribution in [-0.2, 0) is 5.33 Å². The maximum Gasteiger partial charge on any atom is 0.136 e. The molecule has 0 amide bonds. The molecule has 0 radical (unpaired) electrons. The molecule has 0 aliphatic heterocycles. The molecule has 0 bridgehead atoms. The SMILES string of the molecule is Fc1c(CBr)ccc(Cl)c1-c1cc(Cl)cc(Br)c1. The Hall–Kier alpha value is -0.0900. The van der Waals surface area contributed by atoms with E-state index in [1.807, 2.05) is 0 Å². The average Bonchev–Trinajstić information content (AvgIpc) is 2.28. The molecule has 2 rings (SSSR count). The van der Waals surface area contributed by atoms with Gasteiger partial charge in [0.05, 0.1) is 5.02 Å². The van der Waals surface area contributed by atoms with E-state index in [1.54, 1.807) is 30.3 Å². The van der Waals surface area contributed by atoms with Crippen molar-refractivity contribution >= 4 is 55.1 Å². The van der Waals surface area contributed by atoms with Crippen LogP contribution in [0.25, 0.3) is 11.1 Å². The van der Waals surface area contributed by atoms with E-state index in [4.69, 9.17) is 23.2 Å². The van der Waals surface area contributed by atoms with Crippen molar-refractivity contribution < 1.29 is 4.39 Å².